The minimum Gasteiger partial charge on any atom is -0.361 e. The van der Waals surface area contributed by atoms with Crippen LogP contribution in [0.15, 0.2) is 60.7 Å². The van der Waals surface area contributed by atoms with E-state index in [9.17, 15) is 14.7 Å². The maximum absolute atomic E-state index is 12.5. The number of aliphatic hydroxyl groups is 1. The Bertz CT molecular complexity index is 614. The number of benzene rings is 2. The molecule has 1 atom stereocenters. The highest BCUT2D eigenvalue weighted by molar-refractivity contribution is 6.04. The molecule has 0 aliphatic rings. The number of nitrogens with two attached hydrogens (primary N) is 1. The van der Waals surface area contributed by atoms with Crippen LogP contribution in [0.3, 0.4) is 0 Å². The van der Waals surface area contributed by atoms with Crippen LogP contribution in [0.5, 0.6) is 0 Å². The molecule has 2 amide bonds. The number of primary amides is 1. The van der Waals surface area contributed by atoms with Gasteiger partial charge in [-0.05, 0) is 0 Å². The highest BCUT2D eigenvalue weighted by Crippen LogP contribution is 2.23. The predicted molar refractivity (Wildman–Crippen MR) is 73.8 cm³/mol. The van der Waals surface area contributed by atoms with Gasteiger partial charge in [0.25, 0.3) is 0 Å². The molecule has 0 radical (unpaired) electrons. The molecule has 0 bridgehead atoms. The third kappa shape index (κ3) is 2.67. The van der Waals surface area contributed by atoms with Crippen molar-refractivity contribution in [3.05, 3.63) is 71.8 Å². The van der Waals surface area contributed by atoms with E-state index >= 15 is 0 Å². The summed E-state index contributed by atoms with van der Waals surface area (Å²) in [6, 6.07) is 15.3. The number of hydrogen-bond acceptors (Lipinski definition) is 3. The third-order valence-corrected chi connectivity index (χ3v) is 2.86. The summed E-state index contributed by atoms with van der Waals surface area (Å²) >= 11 is 0. The summed E-state index contributed by atoms with van der Waals surface area (Å²) in [4.78, 5) is 23.6. The van der Waals surface area contributed by atoms with Crippen molar-refractivity contribution in [1.82, 2.24) is 5.32 Å². The summed E-state index contributed by atoms with van der Waals surface area (Å²) in [5.74, 6) is -0.650. The Balaban J connectivity index is 2.48. The maximum Gasteiger partial charge on any atom is 0.315 e. The molecule has 2 aromatic rings. The van der Waals surface area contributed by atoms with Crippen molar-refractivity contribution in [2.75, 3.05) is 0 Å². The molecule has 0 aliphatic carbocycles. The van der Waals surface area contributed by atoms with Crippen LogP contribution in [0.25, 0.3) is 0 Å². The van der Waals surface area contributed by atoms with Crippen molar-refractivity contribution in [2.45, 2.75) is 5.72 Å². The molecule has 102 valence electrons. The Labute approximate surface area is 116 Å². The van der Waals surface area contributed by atoms with Crippen LogP contribution >= 0.6 is 0 Å². The van der Waals surface area contributed by atoms with Crippen molar-refractivity contribution >= 4 is 11.8 Å². The van der Waals surface area contributed by atoms with Gasteiger partial charge in [-0.25, -0.2) is 4.79 Å². The van der Waals surface area contributed by atoms with E-state index in [0.717, 1.165) is 0 Å². The van der Waals surface area contributed by atoms with E-state index in [1.165, 1.54) is 12.1 Å². The van der Waals surface area contributed by atoms with Crippen molar-refractivity contribution < 1.29 is 14.7 Å². The first kappa shape index (κ1) is 13.8. The molecule has 0 saturated heterocycles. The second kappa shape index (κ2) is 5.54. The first-order chi connectivity index (χ1) is 9.54. The first-order valence-corrected chi connectivity index (χ1v) is 5.99. The molecule has 4 N–H and O–H groups in total. The van der Waals surface area contributed by atoms with Crippen LogP contribution in [-0.2, 0) is 5.72 Å². The van der Waals surface area contributed by atoms with E-state index in [1.807, 2.05) is 0 Å². The summed E-state index contributed by atoms with van der Waals surface area (Å²) in [5.41, 5.74) is 3.40. The Morgan fingerprint density at radius 3 is 1.95 bits per heavy atom. The van der Waals surface area contributed by atoms with Crippen molar-refractivity contribution in [1.29, 1.82) is 0 Å². The van der Waals surface area contributed by atoms with Gasteiger partial charge in [0.15, 0.2) is 0 Å². The second-order valence-electron chi connectivity index (χ2n) is 4.26. The van der Waals surface area contributed by atoms with Crippen molar-refractivity contribution in [2.24, 2.45) is 5.73 Å². The van der Waals surface area contributed by atoms with E-state index in [4.69, 9.17) is 5.73 Å². The highest BCUT2D eigenvalue weighted by atomic mass is 16.3. The predicted octanol–water partition coefficient (Wildman–Crippen LogP) is 1.38. The molecule has 0 saturated carbocycles. The lowest BCUT2D eigenvalue weighted by molar-refractivity contribution is 0.0172. The van der Waals surface area contributed by atoms with Crippen LogP contribution in [0.1, 0.15) is 15.9 Å². The molecule has 2 aromatic carbocycles. The van der Waals surface area contributed by atoms with Crippen LogP contribution in [0.2, 0.25) is 0 Å². The van der Waals surface area contributed by atoms with Crippen LogP contribution in [0, 0.1) is 0 Å². The van der Waals surface area contributed by atoms with Crippen LogP contribution in [-0.4, -0.2) is 16.9 Å². The number of amides is 2. The quantitative estimate of drug-likeness (QED) is 0.579. The summed E-state index contributed by atoms with van der Waals surface area (Å²) in [5, 5.41) is 12.7. The molecular weight excluding hydrogens is 256 g/mol. The van der Waals surface area contributed by atoms with Gasteiger partial charge in [0, 0.05) is 11.1 Å². The zero-order chi connectivity index (χ0) is 14.6. The van der Waals surface area contributed by atoms with E-state index in [0.29, 0.717) is 0 Å². The lowest BCUT2D eigenvalue weighted by Gasteiger charge is -2.27. The molecule has 5 nitrogen and oxygen atoms in total. The van der Waals surface area contributed by atoms with E-state index < -0.39 is 17.5 Å². The lowest BCUT2D eigenvalue weighted by Crippen LogP contribution is -2.53. The van der Waals surface area contributed by atoms with Gasteiger partial charge in [-0.1, -0.05) is 60.7 Å². The molecule has 1 unspecified atom stereocenters. The largest absolute Gasteiger partial charge is 0.361 e. The fourth-order valence-corrected chi connectivity index (χ4v) is 1.92. The monoisotopic (exact) mass is 270 g/mol. The molecule has 2 rings (SSSR count). The molecule has 0 aliphatic heterocycles. The number of Topliss-reactive ketones (excluding diaryl/α,β-unsaturated/α-hetero) is 1. The van der Waals surface area contributed by atoms with Gasteiger partial charge in [-0.2, -0.15) is 0 Å². The molecule has 20 heavy (non-hydrogen) atoms. The third-order valence-electron chi connectivity index (χ3n) is 2.86. The summed E-state index contributed by atoms with van der Waals surface area (Å²) in [7, 11) is 0. The average Bonchev–Trinajstić information content (AvgIpc) is 2.47. The Hall–Kier alpha value is -2.66. The molecule has 0 spiro atoms. The number of nitrogens with one attached hydrogen (secondary N) is 1. The molecule has 5 heteroatoms. The Morgan fingerprint density at radius 1 is 0.950 bits per heavy atom. The summed E-state index contributed by atoms with van der Waals surface area (Å²) < 4.78 is 0. The molecule has 0 aromatic heterocycles. The van der Waals surface area contributed by atoms with E-state index in [-0.39, 0.29) is 11.1 Å². The van der Waals surface area contributed by atoms with Crippen LogP contribution in [0.4, 0.5) is 4.79 Å². The van der Waals surface area contributed by atoms with Gasteiger partial charge in [0.1, 0.15) is 0 Å². The van der Waals surface area contributed by atoms with Gasteiger partial charge in [0.2, 0.25) is 11.5 Å². The number of urea groups is 1. The van der Waals surface area contributed by atoms with Gasteiger partial charge in [0.05, 0.1) is 0 Å². The van der Waals surface area contributed by atoms with Crippen molar-refractivity contribution in [3.8, 4) is 0 Å². The number of carbonyl (C=O) groups is 2. The number of ketones is 1. The minimum atomic E-state index is -2.19. The van der Waals surface area contributed by atoms with E-state index in [2.05, 4.69) is 5.32 Å². The van der Waals surface area contributed by atoms with Gasteiger partial charge in [-0.3, -0.25) is 10.1 Å². The first-order valence-electron chi connectivity index (χ1n) is 5.99. The van der Waals surface area contributed by atoms with Gasteiger partial charge in [-0.15, -0.1) is 0 Å². The lowest BCUT2D eigenvalue weighted by atomic mass is 9.93. The Kier molecular flexibility index (Phi) is 3.81. The maximum atomic E-state index is 12.5. The van der Waals surface area contributed by atoms with Crippen LogP contribution < -0.4 is 11.1 Å². The summed E-state index contributed by atoms with van der Waals surface area (Å²) in [6.07, 6.45) is 0. The highest BCUT2D eigenvalue weighted by Gasteiger charge is 2.39. The second-order valence-corrected chi connectivity index (χ2v) is 4.26. The smallest absolute Gasteiger partial charge is 0.315 e. The van der Waals surface area contributed by atoms with E-state index in [1.54, 1.807) is 48.5 Å². The van der Waals surface area contributed by atoms with Crippen molar-refractivity contribution in [3.63, 3.8) is 0 Å². The standard InChI is InChI=1S/C15H14N2O3/c16-14(19)17-15(20,12-9-5-2-6-10-12)13(18)11-7-3-1-4-8-11/h1-10,20H,(H3,16,17,19). The molecule has 0 fully saturated rings. The number of rotatable bonds is 4. The molecule has 0 heterocycles. The zero-order valence-electron chi connectivity index (χ0n) is 10.6. The minimum absolute atomic E-state index is 0.243. The Morgan fingerprint density at radius 2 is 1.45 bits per heavy atom. The fourth-order valence-electron chi connectivity index (χ4n) is 1.92. The molecular formula is C15H14N2O3. The fraction of sp³-hybridized carbons (Fsp3) is 0.0667. The topological polar surface area (TPSA) is 92.4 Å². The number of carbonyl (C=O) groups excluding carboxylic acids is 2. The number of hydrogen-bond donors (Lipinski definition) is 3. The van der Waals surface area contributed by atoms with Gasteiger partial charge < -0.3 is 10.8 Å². The van der Waals surface area contributed by atoms with Gasteiger partial charge >= 0.3 is 6.03 Å². The zero-order valence-corrected chi connectivity index (χ0v) is 10.6. The summed E-state index contributed by atoms with van der Waals surface area (Å²) in [6.45, 7) is 0. The normalized spacial score (nSPS) is 13.2. The SMILES string of the molecule is NC(=O)NC(O)(C(=O)c1ccccc1)c1ccccc1. The average molecular weight is 270 g/mol.